The maximum atomic E-state index is 9.41. The molecule has 0 atom stereocenters. The molecule has 0 unspecified atom stereocenters. The first-order valence-corrected chi connectivity index (χ1v) is 7.41. The van der Waals surface area contributed by atoms with Gasteiger partial charge in [0.2, 0.25) is 6.41 Å². The summed E-state index contributed by atoms with van der Waals surface area (Å²) in [4.78, 5) is 8.42. The third kappa shape index (κ3) is 3.98. The number of rotatable bonds is 10. The van der Waals surface area contributed by atoms with Crippen LogP contribution in [0.2, 0.25) is 0 Å². The lowest BCUT2D eigenvalue weighted by Gasteiger charge is -2.20. The standard InChI is InChI=1S/C15H21N5O4/c1-17-13-12-11(8-16)9-20(14(12)19-10-18-13)15(23-6-4-21-2)24-7-5-22-3/h9-10,15H,4-7H2,1-3H3,(H,17,18,19). The van der Waals surface area contributed by atoms with Crippen molar-refractivity contribution in [3.05, 3.63) is 18.1 Å². The summed E-state index contributed by atoms with van der Waals surface area (Å²) in [5, 5.41) is 13.0. The molecule has 24 heavy (non-hydrogen) atoms. The third-order valence-electron chi connectivity index (χ3n) is 3.29. The zero-order valence-electron chi connectivity index (χ0n) is 14.0. The van der Waals surface area contributed by atoms with Gasteiger partial charge in [-0.05, 0) is 0 Å². The van der Waals surface area contributed by atoms with Crippen LogP contribution in [-0.4, -0.2) is 62.2 Å². The number of nitriles is 1. The van der Waals surface area contributed by atoms with Gasteiger partial charge in [0.05, 0.1) is 37.4 Å². The quantitative estimate of drug-likeness (QED) is 0.509. The summed E-state index contributed by atoms with van der Waals surface area (Å²) in [6.45, 7) is 1.51. The van der Waals surface area contributed by atoms with Crippen molar-refractivity contribution in [1.29, 1.82) is 5.26 Å². The van der Waals surface area contributed by atoms with E-state index in [2.05, 4.69) is 21.4 Å². The van der Waals surface area contributed by atoms with Gasteiger partial charge in [0, 0.05) is 27.5 Å². The number of nitrogens with one attached hydrogen (secondary N) is 1. The highest BCUT2D eigenvalue weighted by Gasteiger charge is 2.21. The summed E-state index contributed by atoms with van der Waals surface area (Å²) in [5.41, 5.74) is 0.983. The first-order chi connectivity index (χ1) is 11.8. The van der Waals surface area contributed by atoms with Crippen LogP contribution in [0.3, 0.4) is 0 Å². The molecule has 0 aromatic carbocycles. The van der Waals surface area contributed by atoms with E-state index in [1.54, 1.807) is 32.0 Å². The van der Waals surface area contributed by atoms with Crippen LogP contribution in [-0.2, 0) is 18.9 Å². The van der Waals surface area contributed by atoms with E-state index < -0.39 is 6.41 Å². The number of nitrogens with zero attached hydrogens (tertiary/aromatic N) is 4. The Hall–Kier alpha value is -2.25. The van der Waals surface area contributed by atoms with Gasteiger partial charge in [-0.2, -0.15) is 5.26 Å². The molecule has 0 fully saturated rings. The fraction of sp³-hybridized carbons (Fsp3) is 0.533. The van der Waals surface area contributed by atoms with Crippen LogP contribution >= 0.6 is 0 Å². The minimum Gasteiger partial charge on any atom is -0.382 e. The van der Waals surface area contributed by atoms with Gasteiger partial charge in [0.1, 0.15) is 18.2 Å². The summed E-state index contributed by atoms with van der Waals surface area (Å²) in [6.07, 6.45) is 2.32. The molecule has 0 amide bonds. The van der Waals surface area contributed by atoms with E-state index in [1.807, 2.05) is 0 Å². The second-order valence-electron chi connectivity index (χ2n) is 4.77. The summed E-state index contributed by atoms with van der Waals surface area (Å²) < 4.78 is 23.1. The summed E-state index contributed by atoms with van der Waals surface area (Å²) in [7, 11) is 4.92. The van der Waals surface area contributed by atoms with Crippen LogP contribution in [0.25, 0.3) is 11.0 Å². The van der Waals surface area contributed by atoms with E-state index in [0.717, 1.165) is 0 Å². The van der Waals surface area contributed by atoms with Crippen LogP contribution < -0.4 is 5.32 Å². The first kappa shape index (κ1) is 18.1. The smallest absolute Gasteiger partial charge is 0.245 e. The van der Waals surface area contributed by atoms with E-state index in [-0.39, 0.29) is 0 Å². The van der Waals surface area contributed by atoms with E-state index in [1.165, 1.54) is 6.33 Å². The minimum absolute atomic E-state index is 0.333. The zero-order chi connectivity index (χ0) is 17.4. The van der Waals surface area contributed by atoms with E-state index >= 15 is 0 Å². The van der Waals surface area contributed by atoms with Crippen molar-refractivity contribution in [3.63, 3.8) is 0 Å². The fourth-order valence-electron chi connectivity index (χ4n) is 2.19. The Kier molecular flexibility index (Phi) is 6.89. The maximum Gasteiger partial charge on any atom is 0.245 e. The van der Waals surface area contributed by atoms with Crippen LogP contribution in [0, 0.1) is 11.3 Å². The molecule has 9 nitrogen and oxygen atoms in total. The molecule has 0 aliphatic rings. The predicted molar refractivity (Wildman–Crippen MR) is 86.5 cm³/mol. The topological polar surface area (TPSA) is 103 Å². The molecule has 1 N–H and O–H groups in total. The van der Waals surface area contributed by atoms with Gasteiger partial charge in [-0.1, -0.05) is 0 Å². The Bertz CT molecular complexity index is 687. The summed E-state index contributed by atoms with van der Waals surface area (Å²) in [6, 6.07) is 2.15. The molecule has 0 bridgehead atoms. The van der Waals surface area contributed by atoms with Crippen LogP contribution in [0.1, 0.15) is 12.0 Å². The number of aromatic nitrogens is 3. The van der Waals surface area contributed by atoms with E-state index in [4.69, 9.17) is 18.9 Å². The second-order valence-corrected chi connectivity index (χ2v) is 4.77. The molecular weight excluding hydrogens is 314 g/mol. The van der Waals surface area contributed by atoms with Crippen molar-refractivity contribution >= 4 is 16.9 Å². The van der Waals surface area contributed by atoms with Gasteiger partial charge < -0.3 is 24.3 Å². The molecule has 2 heterocycles. The van der Waals surface area contributed by atoms with Crippen LogP contribution in [0.4, 0.5) is 5.82 Å². The Morgan fingerprint density at radius 1 is 1.17 bits per heavy atom. The molecule has 0 saturated heterocycles. The van der Waals surface area contributed by atoms with Crippen molar-refractivity contribution < 1.29 is 18.9 Å². The highest BCUT2D eigenvalue weighted by molar-refractivity contribution is 5.92. The monoisotopic (exact) mass is 335 g/mol. The highest BCUT2D eigenvalue weighted by atomic mass is 16.7. The van der Waals surface area contributed by atoms with Gasteiger partial charge in [-0.25, -0.2) is 9.97 Å². The number of fused-ring (bicyclic) bond motifs is 1. The van der Waals surface area contributed by atoms with Crippen molar-refractivity contribution in [2.45, 2.75) is 6.41 Å². The zero-order valence-corrected chi connectivity index (χ0v) is 14.0. The van der Waals surface area contributed by atoms with Crippen LogP contribution in [0.15, 0.2) is 12.5 Å². The molecule has 9 heteroatoms. The number of ether oxygens (including phenoxy) is 4. The van der Waals surface area contributed by atoms with Gasteiger partial charge in [0.15, 0.2) is 5.65 Å². The first-order valence-electron chi connectivity index (χ1n) is 7.41. The van der Waals surface area contributed by atoms with Crippen LogP contribution in [0.5, 0.6) is 0 Å². The Morgan fingerprint density at radius 2 is 1.83 bits per heavy atom. The molecule has 0 saturated carbocycles. The van der Waals surface area contributed by atoms with Gasteiger partial charge in [-0.3, -0.25) is 4.57 Å². The number of hydrogen-bond donors (Lipinski definition) is 1. The molecular formula is C15H21N5O4. The van der Waals surface area contributed by atoms with Gasteiger partial charge in [-0.15, -0.1) is 0 Å². The van der Waals surface area contributed by atoms with Crippen molar-refractivity contribution in [3.8, 4) is 6.07 Å². The molecule has 2 aromatic rings. The SMILES string of the molecule is CNc1ncnc2c1c(C#N)cn2C(OCCOC)OCCOC. The average molecular weight is 335 g/mol. The molecule has 0 spiro atoms. The summed E-state index contributed by atoms with van der Waals surface area (Å²) >= 11 is 0. The normalized spacial score (nSPS) is 11.1. The number of hydrogen-bond acceptors (Lipinski definition) is 8. The maximum absolute atomic E-state index is 9.41. The lowest BCUT2D eigenvalue weighted by Crippen LogP contribution is -2.20. The number of methoxy groups -OCH3 is 2. The lowest BCUT2D eigenvalue weighted by atomic mass is 10.2. The molecule has 130 valence electrons. The molecule has 0 radical (unpaired) electrons. The Morgan fingerprint density at radius 3 is 2.38 bits per heavy atom. The molecule has 2 rings (SSSR count). The molecule has 0 aliphatic heterocycles. The predicted octanol–water partition coefficient (Wildman–Crippen LogP) is 1.13. The fourth-order valence-corrected chi connectivity index (χ4v) is 2.19. The van der Waals surface area contributed by atoms with E-state index in [0.29, 0.717) is 48.8 Å². The molecule has 0 aliphatic carbocycles. The van der Waals surface area contributed by atoms with Crippen molar-refractivity contribution in [1.82, 2.24) is 14.5 Å². The average Bonchev–Trinajstić information content (AvgIpc) is 2.99. The lowest BCUT2D eigenvalue weighted by molar-refractivity contribution is -0.199. The van der Waals surface area contributed by atoms with Gasteiger partial charge >= 0.3 is 0 Å². The van der Waals surface area contributed by atoms with Gasteiger partial charge in [0.25, 0.3) is 0 Å². The summed E-state index contributed by atoms with van der Waals surface area (Å²) in [5.74, 6) is 0.572. The highest BCUT2D eigenvalue weighted by Crippen LogP contribution is 2.28. The third-order valence-corrected chi connectivity index (χ3v) is 3.29. The minimum atomic E-state index is -0.750. The second kappa shape index (κ2) is 9.14. The Balaban J connectivity index is 2.39. The van der Waals surface area contributed by atoms with Crippen molar-refractivity contribution in [2.24, 2.45) is 0 Å². The van der Waals surface area contributed by atoms with E-state index in [9.17, 15) is 5.26 Å². The number of anilines is 1. The largest absolute Gasteiger partial charge is 0.382 e. The Labute approximate surface area is 140 Å². The molecule has 2 aromatic heterocycles. The van der Waals surface area contributed by atoms with Crippen molar-refractivity contribution in [2.75, 3.05) is 53.0 Å².